The van der Waals surface area contributed by atoms with E-state index in [1.807, 2.05) is 0 Å². The molecule has 0 aromatic heterocycles. The SMILES string of the molecule is COc1cc(C(=O)N[C@@H](C)C(=O)Nc2ccc(F)cc2F)cc(OC)c1OC. The van der Waals surface area contributed by atoms with E-state index < -0.39 is 29.5 Å². The summed E-state index contributed by atoms with van der Waals surface area (Å²) >= 11 is 0. The molecule has 0 saturated heterocycles. The highest BCUT2D eigenvalue weighted by Crippen LogP contribution is 2.38. The number of carbonyl (C=O) groups is 2. The molecule has 150 valence electrons. The van der Waals surface area contributed by atoms with Crippen LogP contribution in [0, 0.1) is 11.6 Å². The molecule has 0 bridgehead atoms. The summed E-state index contributed by atoms with van der Waals surface area (Å²) in [5, 5.41) is 4.78. The minimum atomic E-state index is -1.00. The van der Waals surface area contributed by atoms with Crippen molar-refractivity contribution >= 4 is 17.5 Å². The van der Waals surface area contributed by atoms with Crippen LogP contribution in [-0.2, 0) is 4.79 Å². The molecule has 0 spiro atoms. The lowest BCUT2D eigenvalue weighted by Crippen LogP contribution is -2.41. The number of ether oxygens (including phenoxy) is 3. The molecule has 0 unspecified atom stereocenters. The van der Waals surface area contributed by atoms with E-state index >= 15 is 0 Å². The summed E-state index contributed by atoms with van der Waals surface area (Å²) in [5.74, 6) is -2.07. The molecule has 1 atom stereocenters. The smallest absolute Gasteiger partial charge is 0.252 e. The van der Waals surface area contributed by atoms with Gasteiger partial charge in [-0.3, -0.25) is 9.59 Å². The highest BCUT2D eigenvalue weighted by Gasteiger charge is 2.21. The van der Waals surface area contributed by atoms with Gasteiger partial charge >= 0.3 is 0 Å². The third-order valence-corrected chi connectivity index (χ3v) is 3.86. The van der Waals surface area contributed by atoms with Gasteiger partial charge in [0.25, 0.3) is 5.91 Å². The van der Waals surface area contributed by atoms with Crippen molar-refractivity contribution in [1.82, 2.24) is 5.32 Å². The van der Waals surface area contributed by atoms with E-state index in [0.717, 1.165) is 12.1 Å². The number of nitrogens with one attached hydrogen (secondary N) is 2. The number of anilines is 1. The second kappa shape index (κ2) is 9.03. The van der Waals surface area contributed by atoms with Crippen LogP contribution in [0.4, 0.5) is 14.5 Å². The van der Waals surface area contributed by atoms with Gasteiger partial charge in [0.2, 0.25) is 11.7 Å². The number of hydrogen-bond donors (Lipinski definition) is 2. The van der Waals surface area contributed by atoms with Gasteiger partial charge < -0.3 is 24.8 Å². The Kier molecular flexibility index (Phi) is 6.75. The second-order valence-corrected chi connectivity index (χ2v) is 5.72. The number of carbonyl (C=O) groups excluding carboxylic acids is 2. The molecule has 2 aromatic carbocycles. The zero-order chi connectivity index (χ0) is 20.8. The molecule has 2 rings (SSSR count). The number of methoxy groups -OCH3 is 3. The van der Waals surface area contributed by atoms with Crippen LogP contribution in [0.1, 0.15) is 17.3 Å². The Morgan fingerprint density at radius 3 is 2.07 bits per heavy atom. The summed E-state index contributed by atoms with van der Waals surface area (Å²) < 4.78 is 42.2. The van der Waals surface area contributed by atoms with Gasteiger partial charge in [-0.15, -0.1) is 0 Å². The van der Waals surface area contributed by atoms with Gasteiger partial charge in [0.15, 0.2) is 11.5 Å². The van der Waals surface area contributed by atoms with Crippen LogP contribution >= 0.6 is 0 Å². The highest BCUT2D eigenvalue weighted by molar-refractivity contribution is 6.01. The Balaban J connectivity index is 2.14. The molecule has 9 heteroatoms. The Morgan fingerprint density at radius 1 is 0.964 bits per heavy atom. The predicted octanol–water partition coefficient (Wildman–Crippen LogP) is 2.75. The van der Waals surface area contributed by atoms with Gasteiger partial charge in [-0.2, -0.15) is 0 Å². The Bertz CT molecular complexity index is 864. The average molecular weight is 394 g/mol. The molecule has 2 aromatic rings. The van der Waals surface area contributed by atoms with Crippen molar-refractivity contribution in [3.8, 4) is 17.2 Å². The first-order valence-corrected chi connectivity index (χ1v) is 8.17. The summed E-state index contributed by atoms with van der Waals surface area (Å²) in [6.45, 7) is 1.42. The van der Waals surface area contributed by atoms with Crippen molar-refractivity contribution in [3.05, 3.63) is 47.5 Å². The fourth-order valence-corrected chi connectivity index (χ4v) is 2.39. The fraction of sp³-hybridized carbons (Fsp3) is 0.263. The Hall–Kier alpha value is -3.36. The standard InChI is InChI=1S/C19H20F2N2O5/c1-10(18(24)23-14-6-5-12(20)9-13(14)21)22-19(25)11-7-15(26-2)17(28-4)16(8-11)27-3/h5-10H,1-4H3,(H,22,25)(H,23,24)/t10-/m0/s1. The van der Waals surface area contributed by atoms with Gasteiger partial charge in [-0.25, -0.2) is 8.78 Å². The van der Waals surface area contributed by atoms with E-state index in [-0.39, 0.29) is 22.7 Å². The van der Waals surface area contributed by atoms with Gasteiger partial charge in [-0.05, 0) is 31.2 Å². The van der Waals surface area contributed by atoms with E-state index in [9.17, 15) is 18.4 Å². The van der Waals surface area contributed by atoms with Gasteiger partial charge in [0.05, 0.1) is 27.0 Å². The zero-order valence-electron chi connectivity index (χ0n) is 15.8. The number of amides is 2. The summed E-state index contributed by atoms with van der Waals surface area (Å²) in [6.07, 6.45) is 0. The third kappa shape index (κ3) is 4.67. The molecule has 0 fully saturated rings. The molecule has 7 nitrogen and oxygen atoms in total. The molecule has 28 heavy (non-hydrogen) atoms. The van der Waals surface area contributed by atoms with Crippen molar-refractivity contribution in [2.24, 2.45) is 0 Å². The van der Waals surface area contributed by atoms with Crippen LogP contribution in [0.15, 0.2) is 30.3 Å². The topological polar surface area (TPSA) is 85.9 Å². The largest absolute Gasteiger partial charge is 0.493 e. The number of rotatable bonds is 7. The van der Waals surface area contributed by atoms with Crippen molar-refractivity contribution in [2.75, 3.05) is 26.6 Å². The van der Waals surface area contributed by atoms with Crippen molar-refractivity contribution in [3.63, 3.8) is 0 Å². The lowest BCUT2D eigenvalue weighted by Gasteiger charge is -2.17. The van der Waals surface area contributed by atoms with E-state index in [2.05, 4.69) is 10.6 Å². The van der Waals surface area contributed by atoms with E-state index in [1.165, 1.54) is 40.4 Å². The average Bonchev–Trinajstić information content (AvgIpc) is 2.68. The molecule has 0 aliphatic carbocycles. The van der Waals surface area contributed by atoms with Gasteiger partial charge in [0, 0.05) is 11.6 Å². The van der Waals surface area contributed by atoms with Crippen LogP contribution < -0.4 is 24.8 Å². The van der Waals surface area contributed by atoms with E-state index in [1.54, 1.807) is 0 Å². The molecule has 2 N–H and O–H groups in total. The van der Waals surface area contributed by atoms with Crippen molar-refractivity contribution < 1.29 is 32.6 Å². The first kappa shape index (κ1) is 20.9. The maximum Gasteiger partial charge on any atom is 0.252 e. The normalized spacial score (nSPS) is 11.4. The molecule has 0 aliphatic rings. The number of hydrogen-bond acceptors (Lipinski definition) is 5. The van der Waals surface area contributed by atoms with Crippen LogP contribution in [0.2, 0.25) is 0 Å². The van der Waals surface area contributed by atoms with Crippen molar-refractivity contribution in [1.29, 1.82) is 0 Å². The summed E-state index contributed by atoms with van der Waals surface area (Å²) in [6, 6.07) is 4.61. The molecule has 0 radical (unpaired) electrons. The maximum absolute atomic E-state index is 13.7. The highest BCUT2D eigenvalue weighted by atomic mass is 19.1. The van der Waals surface area contributed by atoms with Gasteiger partial charge in [-0.1, -0.05) is 0 Å². The minimum absolute atomic E-state index is 0.169. The third-order valence-electron chi connectivity index (χ3n) is 3.86. The Labute approximate surface area is 160 Å². The maximum atomic E-state index is 13.7. The monoisotopic (exact) mass is 394 g/mol. The fourth-order valence-electron chi connectivity index (χ4n) is 2.39. The zero-order valence-corrected chi connectivity index (χ0v) is 15.8. The lowest BCUT2D eigenvalue weighted by atomic mass is 10.1. The number of halogens is 2. The first-order valence-electron chi connectivity index (χ1n) is 8.17. The van der Waals surface area contributed by atoms with Gasteiger partial charge in [0.1, 0.15) is 17.7 Å². The van der Waals surface area contributed by atoms with Crippen LogP contribution in [0.3, 0.4) is 0 Å². The number of benzene rings is 2. The van der Waals surface area contributed by atoms with Crippen LogP contribution in [0.25, 0.3) is 0 Å². The quantitative estimate of drug-likeness (QED) is 0.754. The van der Waals surface area contributed by atoms with E-state index in [4.69, 9.17) is 14.2 Å². The first-order chi connectivity index (χ1) is 13.3. The molecular formula is C19H20F2N2O5. The second-order valence-electron chi connectivity index (χ2n) is 5.72. The van der Waals surface area contributed by atoms with E-state index in [0.29, 0.717) is 11.8 Å². The minimum Gasteiger partial charge on any atom is -0.493 e. The molecule has 0 saturated carbocycles. The summed E-state index contributed by atoms with van der Waals surface area (Å²) in [4.78, 5) is 24.7. The molecule has 0 heterocycles. The molecular weight excluding hydrogens is 374 g/mol. The summed E-state index contributed by atoms with van der Waals surface area (Å²) in [5.41, 5.74) is -0.0256. The van der Waals surface area contributed by atoms with Crippen molar-refractivity contribution in [2.45, 2.75) is 13.0 Å². The van der Waals surface area contributed by atoms with Crippen LogP contribution in [-0.4, -0.2) is 39.2 Å². The lowest BCUT2D eigenvalue weighted by molar-refractivity contribution is -0.117. The van der Waals surface area contributed by atoms with Crippen LogP contribution in [0.5, 0.6) is 17.2 Å². The predicted molar refractivity (Wildman–Crippen MR) is 98.0 cm³/mol. The Morgan fingerprint density at radius 2 is 1.57 bits per heavy atom. The summed E-state index contributed by atoms with van der Waals surface area (Å²) in [7, 11) is 4.25. The molecule has 0 aliphatic heterocycles. The molecule has 2 amide bonds.